The van der Waals surface area contributed by atoms with Gasteiger partial charge in [0.1, 0.15) is 0 Å². The Morgan fingerprint density at radius 3 is 2.88 bits per heavy atom. The second-order valence-electron chi connectivity index (χ2n) is 3.82. The number of carbonyl (C=O) groups excluding carboxylic acids is 2. The molecule has 1 heterocycles. The maximum Gasteiger partial charge on any atom is 0.240 e. The van der Waals surface area contributed by atoms with E-state index in [4.69, 9.17) is 0 Å². The largest absolute Gasteiger partial charge is 0.312 e. The average molecular weight is 216 g/mol. The van der Waals surface area contributed by atoms with Crippen LogP contribution in [0.25, 0.3) is 0 Å². The van der Waals surface area contributed by atoms with Crippen LogP contribution in [-0.4, -0.2) is 18.5 Å². The van der Waals surface area contributed by atoms with E-state index in [1.807, 2.05) is 13.0 Å². The Morgan fingerprint density at radius 2 is 2.25 bits per heavy atom. The minimum absolute atomic E-state index is 0.135. The Kier molecular flexibility index (Phi) is 2.84. The monoisotopic (exact) mass is 216 g/mol. The zero-order valence-corrected chi connectivity index (χ0v) is 9.06. The Morgan fingerprint density at radius 1 is 1.44 bits per heavy atom. The van der Waals surface area contributed by atoms with E-state index in [1.165, 1.54) is 6.08 Å². The van der Waals surface area contributed by atoms with Gasteiger partial charge in [-0.15, -0.1) is 0 Å². The quantitative estimate of drug-likeness (QED) is 0.561. The number of amides is 1. The summed E-state index contributed by atoms with van der Waals surface area (Å²) in [7, 11) is 0. The fourth-order valence-corrected chi connectivity index (χ4v) is 1.91. The number of carbonyl (C=O) groups is 1. The maximum atomic E-state index is 11.6. The Balaban J connectivity index is 2.42. The zero-order valence-electron chi connectivity index (χ0n) is 9.06. The van der Waals surface area contributed by atoms with Gasteiger partial charge in [0.2, 0.25) is 12.0 Å². The second kappa shape index (κ2) is 4.29. The van der Waals surface area contributed by atoms with Crippen LogP contribution in [-0.2, 0) is 9.59 Å². The van der Waals surface area contributed by atoms with Crippen LogP contribution in [0.5, 0.6) is 0 Å². The van der Waals surface area contributed by atoms with Crippen molar-refractivity contribution in [3.05, 3.63) is 23.8 Å². The highest BCUT2D eigenvalue weighted by atomic mass is 16.2. The second-order valence-corrected chi connectivity index (χ2v) is 3.82. The molecule has 1 aliphatic rings. The number of hydrogen-bond donors (Lipinski definition) is 0. The van der Waals surface area contributed by atoms with Crippen molar-refractivity contribution in [3.63, 3.8) is 0 Å². The smallest absolute Gasteiger partial charge is 0.240 e. The topological polar surface area (TPSA) is 49.7 Å². The molecule has 0 N–H and O–H groups in total. The summed E-state index contributed by atoms with van der Waals surface area (Å²) >= 11 is 0. The Labute approximate surface area is 93.6 Å². The Hall–Kier alpha value is -1.93. The summed E-state index contributed by atoms with van der Waals surface area (Å²) in [6.07, 6.45) is 2.99. The first-order chi connectivity index (χ1) is 7.72. The highest BCUT2D eigenvalue weighted by molar-refractivity contribution is 5.96. The van der Waals surface area contributed by atoms with Gasteiger partial charge in [0.15, 0.2) is 0 Å². The van der Waals surface area contributed by atoms with E-state index in [0.717, 1.165) is 24.2 Å². The third-order valence-corrected chi connectivity index (χ3v) is 2.73. The van der Waals surface area contributed by atoms with Crippen LogP contribution in [0.15, 0.2) is 23.2 Å². The molecule has 1 aromatic rings. The minimum Gasteiger partial charge on any atom is -0.312 e. The summed E-state index contributed by atoms with van der Waals surface area (Å²) in [5.41, 5.74) is 2.40. The number of rotatable bonds is 2. The molecule has 1 saturated heterocycles. The molecule has 1 fully saturated rings. The van der Waals surface area contributed by atoms with Crippen molar-refractivity contribution in [2.24, 2.45) is 4.99 Å². The number of benzene rings is 1. The van der Waals surface area contributed by atoms with Crippen molar-refractivity contribution >= 4 is 23.4 Å². The van der Waals surface area contributed by atoms with Crippen LogP contribution >= 0.6 is 0 Å². The molecule has 0 saturated carbocycles. The van der Waals surface area contributed by atoms with Crippen molar-refractivity contribution in [1.29, 1.82) is 0 Å². The van der Waals surface area contributed by atoms with Gasteiger partial charge in [-0.25, -0.2) is 4.79 Å². The fourth-order valence-electron chi connectivity index (χ4n) is 1.91. The summed E-state index contributed by atoms with van der Waals surface area (Å²) in [6, 6.07) is 5.35. The van der Waals surface area contributed by atoms with Gasteiger partial charge in [-0.2, -0.15) is 4.99 Å². The molecule has 0 bridgehead atoms. The molecule has 82 valence electrons. The number of hydrogen-bond acceptors (Lipinski definition) is 3. The molecule has 0 spiro atoms. The van der Waals surface area contributed by atoms with Gasteiger partial charge in [-0.3, -0.25) is 4.79 Å². The van der Waals surface area contributed by atoms with Crippen LogP contribution in [0.3, 0.4) is 0 Å². The van der Waals surface area contributed by atoms with E-state index >= 15 is 0 Å². The van der Waals surface area contributed by atoms with Gasteiger partial charge in [0.05, 0.1) is 5.69 Å². The summed E-state index contributed by atoms with van der Waals surface area (Å²) < 4.78 is 0. The lowest BCUT2D eigenvalue weighted by Gasteiger charge is -2.18. The van der Waals surface area contributed by atoms with Gasteiger partial charge < -0.3 is 4.90 Å². The number of anilines is 1. The van der Waals surface area contributed by atoms with Gasteiger partial charge in [0.25, 0.3) is 0 Å². The number of nitrogens with zero attached hydrogens (tertiary/aromatic N) is 2. The normalized spacial score (nSPS) is 15.1. The van der Waals surface area contributed by atoms with Crippen LogP contribution in [0, 0.1) is 6.92 Å². The standard InChI is InChI=1S/C12H12N2O2/c1-9-4-5-10(13-8-15)7-11(9)14-6-2-3-12(14)16/h4-5,7H,2-3,6H2,1H3. The van der Waals surface area contributed by atoms with E-state index in [9.17, 15) is 9.59 Å². The number of aliphatic imine (C=N–C) groups is 1. The number of aryl methyl sites for hydroxylation is 1. The predicted molar refractivity (Wildman–Crippen MR) is 60.5 cm³/mol. The first kappa shape index (κ1) is 10.6. The van der Waals surface area contributed by atoms with Crippen LogP contribution in [0.4, 0.5) is 11.4 Å². The van der Waals surface area contributed by atoms with Gasteiger partial charge in [-0.1, -0.05) is 6.07 Å². The molecule has 0 aliphatic carbocycles. The summed E-state index contributed by atoms with van der Waals surface area (Å²) in [5.74, 6) is 0.135. The maximum absolute atomic E-state index is 11.6. The predicted octanol–water partition coefficient (Wildman–Crippen LogP) is 2.09. The zero-order chi connectivity index (χ0) is 11.5. The fraction of sp³-hybridized carbons (Fsp3) is 0.333. The highest BCUT2D eigenvalue weighted by Gasteiger charge is 2.23. The van der Waals surface area contributed by atoms with E-state index in [0.29, 0.717) is 12.1 Å². The molecular formula is C12H12N2O2. The molecule has 16 heavy (non-hydrogen) atoms. The third kappa shape index (κ3) is 1.88. The SMILES string of the molecule is Cc1ccc(N=C=O)cc1N1CCCC1=O. The molecule has 1 amide bonds. The molecule has 4 nitrogen and oxygen atoms in total. The highest BCUT2D eigenvalue weighted by Crippen LogP contribution is 2.28. The van der Waals surface area contributed by atoms with E-state index < -0.39 is 0 Å². The van der Waals surface area contributed by atoms with Crippen LogP contribution in [0.1, 0.15) is 18.4 Å². The van der Waals surface area contributed by atoms with Crippen molar-refractivity contribution in [3.8, 4) is 0 Å². The molecule has 0 atom stereocenters. The molecule has 0 aromatic heterocycles. The molecular weight excluding hydrogens is 204 g/mol. The molecule has 2 rings (SSSR count). The van der Waals surface area contributed by atoms with Gasteiger partial charge in [-0.05, 0) is 31.0 Å². The first-order valence-electron chi connectivity index (χ1n) is 5.21. The summed E-state index contributed by atoms with van der Waals surface area (Å²) in [6.45, 7) is 2.68. The van der Waals surface area contributed by atoms with Gasteiger partial charge >= 0.3 is 0 Å². The molecule has 1 aliphatic heterocycles. The van der Waals surface area contributed by atoms with E-state index in [-0.39, 0.29) is 5.91 Å². The molecule has 0 radical (unpaired) electrons. The van der Waals surface area contributed by atoms with E-state index in [1.54, 1.807) is 17.0 Å². The van der Waals surface area contributed by atoms with Crippen molar-refractivity contribution < 1.29 is 9.59 Å². The summed E-state index contributed by atoms with van der Waals surface area (Å²) in [4.78, 5) is 27.1. The molecule has 1 aromatic carbocycles. The van der Waals surface area contributed by atoms with Crippen molar-refractivity contribution in [1.82, 2.24) is 0 Å². The third-order valence-electron chi connectivity index (χ3n) is 2.73. The van der Waals surface area contributed by atoms with Crippen LogP contribution < -0.4 is 4.90 Å². The lowest BCUT2D eigenvalue weighted by atomic mass is 10.1. The van der Waals surface area contributed by atoms with Crippen molar-refractivity contribution in [2.45, 2.75) is 19.8 Å². The van der Waals surface area contributed by atoms with E-state index in [2.05, 4.69) is 4.99 Å². The lowest BCUT2D eigenvalue weighted by molar-refractivity contribution is -0.117. The van der Waals surface area contributed by atoms with Gasteiger partial charge in [0, 0.05) is 18.7 Å². The minimum atomic E-state index is 0.135. The molecule has 0 unspecified atom stereocenters. The summed E-state index contributed by atoms with van der Waals surface area (Å²) in [5, 5.41) is 0. The lowest BCUT2D eigenvalue weighted by Crippen LogP contribution is -2.24. The van der Waals surface area contributed by atoms with Crippen LogP contribution in [0.2, 0.25) is 0 Å². The average Bonchev–Trinajstić information content (AvgIpc) is 2.68. The first-order valence-corrected chi connectivity index (χ1v) is 5.21. The Bertz CT molecular complexity index is 476. The molecule has 4 heteroatoms. The van der Waals surface area contributed by atoms with Crippen molar-refractivity contribution in [2.75, 3.05) is 11.4 Å². The number of isocyanates is 1.